The average molecular weight is 620 g/mol. The summed E-state index contributed by atoms with van der Waals surface area (Å²) in [5, 5.41) is 30.0. The minimum Gasteiger partial charge on any atom is -0.393 e. The summed E-state index contributed by atoms with van der Waals surface area (Å²) < 4.78 is 16.0. The van der Waals surface area contributed by atoms with Gasteiger partial charge >= 0.3 is 0 Å². The molecule has 0 bridgehead atoms. The van der Waals surface area contributed by atoms with Crippen molar-refractivity contribution in [3.63, 3.8) is 0 Å². The molecule has 2 saturated carbocycles. The van der Waals surface area contributed by atoms with E-state index < -0.39 is 34.3 Å². The van der Waals surface area contributed by atoms with Gasteiger partial charge in [-0.1, -0.05) is 43.1 Å². The summed E-state index contributed by atoms with van der Waals surface area (Å²) in [6.45, 7) is 4.07. The van der Waals surface area contributed by atoms with Crippen molar-refractivity contribution in [3.05, 3.63) is 57.6 Å². The second-order valence-electron chi connectivity index (χ2n) is 13.5. The van der Waals surface area contributed by atoms with E-state index in [1.165, 1.54) is 12.3 Å². The van der Waals surface area contributed by atoms with Crippen molar-refractivity contribution in [3.8, 4) is 0 Å². The first-order valence-corrected chi connectivity index (χ1v) is 15.4. The maximum atomic E-state index is 16.0. The van der Waals surface area contributed by atoms with Gasteiger partial charge in [0, 0.05) is 34.4 Å². The zero-order valence-electron chi connectivity index (χ0n) is 23.8. The molecule has 2 aliphatic heterocycles. The van der Waals surface area contributed by atoms with Crippen molar-refractivity contribution < 1.29 is 24.2 Å². The Hall–Kier alpha value is -2.30. The Balaban J connectivity index is 1.50. The molecule has 3 atom stereocenters. The number of halogens is 3. The summed E-state index contributed by atoms with van der Waals surface area (Å²) in [7, 11) is 0. The summed E-state index contributed by atoms with van der Waals surface area (Å²) in [6, 6.07) is 5.57. The number of hydrogen-bond acceptors (Lipinski definition) is 6. The van der Waals surface area contributed by atoms with Crippen LogP contribution in [0.1, 0.15) is 82.3 Å². The van der Waals surface area contributed by atoms with Gasteiger partial charge in [0.25, 0.3) is 0 Å². The number of carbonyl (C=O) groups is 2. The van der Waals surface area contributed by atoms with Crippen molar-refractivity contribution in [1.82, 2.24) is 15.6 Å². The van der Waals surface area contributed by atoms with Crippen molar-refractivity contribution in [2.45, 2.75) is 99.8 Å². The second-order valence-corrected chi connectivity index (χ2v) is 14.3. The summed E-state index contributed by atoms with van der Waals surface area (Å²) in [6.07, 6.45) is 5.90. The number of nitrogens with one attached hydrogen (secondary N) is 3. The summed E-state index contributed by atoms with van der Waals surface area (Å²) in [5.74, 6) is -2.34. The van der Waals surface area contributed by atoms with Crippen molar-refractivity contribution in [1.29, 1.82) is 0 Å². The molecule has 8 nitrogen and oxygen atoms in total. The first-order chi connectivity index (χ1) is 19.8. The number of rotatable bonds is 4. The molecule has 4 aliphatic rings. The lowest BCUT2D eigenvalue weighted by Gasteiger charge is -2.50. The normalized spacial score (nSPS) is 33.0. The molecule has 2 aliphatic carbocycles. The van der Waals surface area contributed by atoms with Crippen LogP contribution in [0.15, 0.2) is 30.5 Å². The van der Waals surface area contributed by atoms with Crippen LogP contribution < -0.4 is 16.0 Å². The SMILES string of the molecule is CC1(C)CCC2(CC1)N[C@@H](C(=O)NC1CCC(O)(CO)CC1)[C@H](c1ccnc(Cl)c1F)[C@]21C(=O)Nc2cc(Cl)ccc21. The molecular formula is C31H37Cl2FN4O4. The first-order valence-electron chi connectivity index (χ1n) is 14.7. The number of anilines is 1. The van der Waals surface area contributed by atoms with Crippen LogP contribution >= 0.6 is 23.2 Å². The van der Waals surface area contributed by atoms with E-state index in [9.17, 15) is 19.8 Å². The number of carbonyl (C=O) groups excluding carboxylic acids is 2. The second kappa shape index (κ2) is 10.4. The zero-order chi connectivity index (χ0) is 30.1. The van der Waals surface area contributed by atoms with E-state index in [-0.39, 0.29) is 40.6 Å². The number of benzene rings is 1. The highest BCUT2D eigenvalue weighted by atomic mass is 35.5. The van der Waals surface area contributed by atoms with Crippen LogP contribution in [0.3, 0.4) is 0 Å². The third-order valence-corrected chi connectivity index (χ3v) is 11.0. The summed E-state index contributed by atoms with van der Waals surface area (Å²) >= 11 is 12.6. The topological polar surface area (TPSA) is 124 Å². The van der Waals surface area contributed by atoms with E-state index in [0.29, 0.717) is 54.8 Å². The van der Waals surface area contributed by atoms with Gasteiger partial charge in [-0.2, -0.15) is 0 Å². The lowest BCUT2D eigenvalue weighted by atomic mass is 9.53. The highest BCUT2D eigenvalue weighted by Gasteiger charge is 2.73. The molecule has 1 saturated heterocycles. The van der Waals surface area contributed by atoms with Gasteiger partial charge < -0.3 is 20.8 Å². The van der Waals surface area contributed by atoms with Crippen LogP contribution in [-0.4, -0.2) is 56.8 Å². The van der Waals surface area contributed by atoms with Gasteiger partial charge in [0.2, 0.25) is 11.8 Å². The van der Waals surface area contributed by atoms with Crippen LogP contribution in [0.4, 0.5) is 10.1 Å². The number of aliphatic hydroxyl groups excluding tert-OH is 1. The number of amides is 2. The molecular weight excluding hydrogens is 582 g/mol. The van der Waals surface area contributed by atoms with Gasteiger partial charge in [0.15, 0.2) is 11.0 Å². The highest BCUT2D eigenvalue weighted by molar-refractivity contribution is 6.31. The Kier molecular flexibility index (Phi) is 7.37. The molecule has 3 fully saturated rings. The lowest BCUT2D eigenvalue weighted by molar-refractivity contribution is -0.125. The summed E-state index contributed by atoms with van der Waals surface area (Å²) in [4.78, 5) is 32.7. The number of aliphatic hydroxyl groups is 2. The summed E-state index contributed by atoms with van der Waals surface area (Å²) in [5.41, 5.74) is -1.91. The molecule has 226 valence electrons. The fourth-order valence-electron chi connectivity index (χ4n) is 8.08. The largest absolute Gasteiger partial charge is 0.393 e. The molecule has 2 aromatic rings. The van der Waals surface area contributed by atoms with Crippen LogP contribution in [0.5, 0.6) is 0 Å². The third-order valence-electron chi connectivity index (χ3n) is 10.5. The monoisotopic (exact) mass is 618 g/mol. The van der Waals surface area contributed by atoms with E-state index in [2.05, 4.69) is 34.8 Å². The third kappa shape index (κ3) is 4.54. The van der Waals surface area contributed by atoms with Crippen LogP contribution in [-0.2, 0) is 15.0 Å². The number of fused-ring (bicyclic) bond motifs is 3. The molecule has 0 unspecified atom stereocenters. The Labute approximate surface area is 254 Å². The molecule has 3 heterocycles. The van der Waals surface area contributed by atoms with E-state index in [1.807, 2.05) is 6.07 Å². The Morgan fingerprint density at radius 1 is 1.12 bits per heavy atom. The van der Waals surface area contributed by atoms with Crippen molar-refractivity contribution in [2.75, 3.05) is 11.9 Å². The van der Waals surface area contributed by atoms with Gasteiger partial charge in [-0.25, -0.2) is 9.37 Å². The quantitative estimate of drug-likeness (QED) is 0.319. The average Bonchev–Trinajstić information content (AvgIpc) is 3.41. The first kappa shape index (κ1) is 29.8. The number of nitrogens with zero attached hydrogens (tertiary/aromatic N) is 1. The molecule has 1 aromatic carbocycles. The molecule has 6 rings (SSSR count). The molecule has 42 heavy (non-hydrogen) atoms. The zero-order valence-corrected chi connectivity index (χ0v) is 25.3. The molecule has 2 spiro atoms. The smallest absolute Gasteiger partial charge is 0.238 e. The van der Waals surface area contributed by atoms with Gasteiger partial charge in [-0.3, -0.25) is 14.9 Å². The minimum atomic E-state index is -1.33. The maximum absolute atomic E-state index is 16.0. The fourth-order valence-corrected chi connectivity index (χ4v) is 8.41. The number of pyridine rings is 1. The van der Waals surface area contributed by atoms with E-state index in [1.54, 1.807) is 12.1 Å². The maximum Gasteiger partial charge on any atom is 0.238 e. The van der Waals surface area contributed by atoms with Crippen molar-refractivity contribution >= 4 is 40.7 Å². The van der Waals surface area contributed by atoms with Crippen LogP contribution in [0, 0.1) is 11.2 Å². The standard InChI is InChI=1S/C31H37Cl2FN4O4/c1-28(2)10-12-30(13-11-28)31(20-4-3-17(32)15-21(20)37-27(31)41)22(19-7-14-35-25(33)23(19)34)24(38-30)26(40)36-18-5-8-29(42,16-39)9-6-18/h3-4,7,14-15,18,22,24,38-39,42H,5-6,8-13,16H2,1-2H3,(H,36,40)(H,37,41)/t18?,22-,24+,29?,31+/m0/s1. The molecule has 11 heteroatoms. The predicted molar refractivity (Wildman–Crippen MR) is 158 cm³/mol. The minimum absolute atomic E-state index is 0.0404. The van der Waals surface area contributed by atoms with Crippen molar-refractivity contribution in [2.24, 2.45) is 5.41 Å². The van der Waals surface area contributed by atoms with E-state index >= 15 is 4.39 Å². The Morgan fingerprint density at radius 3 is 2.48 bits per heavy atom. The Bertz CT molecular complexity index is 1420. The molecule has 5 N–H and O–H groups in total. The Morgan fingerprint density at radius 2 is 1.81 bits per heavy atom. The van der Waals surface area contributed by atoms with E-state index in [4.69, 9.17) is 23.2 Å². The van der Waals surface area contributed by atoms with Gasteiger partial charge in [0.1, 0.15) is 5.41 Å². The predicted octanol–water partition coefficient (Wildman–Crippen LogP) is 4.59. The number of aromatic nitrogens is 1. The highest BCUT2D eigenvalue weighted by Crippen LogP contribution is 2.64. The fraction of sp³-hybridized carbons (Fsp3) is 0.581. The molecule has 1 aromatic heterocycles. The molecule has 2 amide bonds. The van der Waals surface area contributed by atoms with E-state index in [0.717, 1.165) is 12.8 Å². The van der Waals surface area contributed by atoms with Gasteiger partial charge in [0.05, 0.1) is 18.2 Å². The number of hydrogen-bond donors (Lipinski definition) is 5. The molecule has 0 radical (unpaired) electrons. The lowest BCUT2D eigenvalue weighted by Crippen LogP contribution is -2.61. The van der Waals surface area contributed by atoms with Crippen LogP contribution in [0.2, 0.25) is 10.2 Å². The van der Waals surface area contributed by atoms with Gasteiger partial charge in [-0.05, 0) is 86.1 Å². The van der Waals surface area contributed by atoms with Crippen LogP contribution in [0.25, 0.3) is 0 Å². The van der Waals surface area contributed by atoms with Gasteiger partial charge in [-0.15, -0.1) is 0 Å².